The summed E-state index contributed by atoms with van der Waals surface area (Å²) in [7, 11) is 0. The fraction of sp³-hybridized carbons (Fsp3) is 0.600. The van der Waals surface area contributed by atoms with Gasteiger partial charge in [-0.05, 0) is 26.2 Å². The highest BCUT2D eigenvalue weighted by Gasteiger charge is 2.16. The molecule has 0 bridgehead atoms. The van der Waals surface area contributed by atoms with Crippen molar-refractivity contribution in [3.05, 3.63) is 18.0 Å². The SMILES string of the molecule is CC(=O)c1cnn(C2CCCCO2)c1. The highest BCUT2D eigenvalue weighted by molar-refractivity contribution is 5.93. The van der Waals surface area contributed by atoms with Crippen LogP contribution in [0.25, 0.3) is 0 Å². The number of hydrogen-bond donors (Lipinski definition) is 0. The minimum absolute atomic E-state index is 0.0249. The molecule has 1 saturated heterocycles. The lowest BCUT2D eigenvalue weighted by molar-refractivity contribution is -0.0395. The van der Waals surface area contributed by atoms with E-state index in [1.807, 2.05) is 0 Å². The van der Waals surface area contributed by atoms with Gasteiger partial charge in [-0.3, -0.25) is 4.79 Å². The molecule has 1 unspecified atom stereocenters. The monoisotopic (exact) mass is 194 g/mol. The molecule has 2 heterocycles. The van der Waals surface area contributed by atoms with Gasteiger partial charge >= 0.3 is 0 Å². The van der Waals surface area contributed by atoms with Gasteiger partial charge in [-0.25, -0.2) is 4.68 Å². The van der Waals surface area contributed by atoms with Gasteiger partial charge in [0, 0.05) is 12.8 Å². The third kappa shape index (κ3) is 1.85. The van der Waals surface area contributed by atoms with Crippen LogP contribution in [-0.4, -0.2) is 22.2 Å². The van der Waals surface area contributed by atoms with Crippen molar-refractivity contribution in [3.63, 3.8) is 0 Å². The summed E-state index contributed by atoms with van der Waals surface area (Å²) >= 11 is 0. The maximum atomic E-state index is 11.0. The first-order valence-electron chi connectivity index (χ1n) is 4.94. The fourth-order valence-corrected chi connectivity index (χ4v) is 1.61. The third-order valence-corrected chi connectivity index (χ3v) is 2.46. The number of aromatic nitrogens is 2. The van der Waals surface area contributed by atoms with Gasteiger partial charge in [0.15, 0.2) is 5.78 Å². The van der Waals surface area contributed by atoms with Crippen molar-refractivity contribution in [2.24, 2.45) is 0 Å². The van der Waals surface area contributed by atoms with E-state index in [4.69, 9.17) is 4.74 Å². The van der Waals surface area contributed by atoms with Crippen molar-refractivity contribution < 1.29 is 9.53 Å². The molecule has 1 aliphatic heterocycles. The van der Waals surface area contributed by atoms with Crippen molar-refractivity contribution in [1.82, 2.24) is 9.78 Å². The molecule has 0 N–H and O–H groups in total. The van der Waals surface area contributed by atoms with Crippen LogP contribution in [0.4, 0.5) is 0 Å². The highest BCUT2D eigenvalue weighted by atomic mass is 16.5. The second kappa shape index (κ2) is 3.92. The number of carbonyl (C=O) groups excluding carboxylic acids is 1. The summed E-state index contributed by atoms with van der Waals surface area (Å²) in [6.45, 7) is 2.34. The van der Waals surface area contributed by atoms with Crippen LogP contribution in [-0.2, 0) is 4.74 Å². The maximum Gasteiger partial charge on any atom is 0.162 e. The van der Waals surface area contributed by atoms with E-state index in [9.17, 15) is 4.79 Å². The number of Topliss-reactive ketones (excluding diaryl/α,β-unsaturated/α-hetero) is 1. The van der Waals surface area contributed by atoms with Crippen LogP contribution in [0.1, 0.15) is 42.8 Å². The number of carbonyl (C=O) groups is 1. The molecule has 1 aromatic rings. The van der Waals surface area contributed by atoms with E-state index in [1.165, 1.54) is 6.42 Å². The van der Waals surface area contributed by atoms with E-state index in [0.717, 1.165) is 19.4 Å². The first-order valence-corrected chi connectivity index (χ1v) is 4.94. The quantitative estimate of drug-likeness (QED) is 0.674. The molecule has 1 atom stereocenters. The molecule has 1 fully saturated rings. The summed E-state index contributed by atoms with van der Waals surface area (Å²) in [5.74, 6) is 0.0482. The minimum atomic E-state index is 0.0249. The molecule has 4 heteroatoms. The molecule has 1 aromatic heterocycles. The lowest BCUT2D eigenvalue weighted by atomic mass is 10.2. The Morgan fingerprint density at radius 1 is 1.64 bits per heavy atom. The van der Waals surface area contributed by atoms with E-state index in [0.29, 0.717) is 5.56 Å². The minimum Gasteiger partial charge on any atom is -0.357 e. The van der Waals surface area contributed by atoms with Crippen molar-refractivity contribution in [1.29, 1.82) is 0 Å². The molecule has 0 saturated carbocycles. The number of rotatable bonds is 2. The molecule has 0 radical (unpaired) electrons. The first-order chi connectivity index (χ1) is 6.77. The van der Waals surface area contributed by atoms with Crippen LogP contribution in [0.2, 0.25) is 0 Å². The van der Waals surface area contributed by atoms with Crippen molar-refractivity contribution in [2.45, 2.75) is 32.4 Å². The van der Waals surface area contributed by atoms with E-state index in [2.05, 4.69) is 5.10 Å². The van der Waals surface area contributed by atoms with Gasteiger partial charge in [-0.15, -0.1) is 0 Å². The molecule has 4 nitrogen and oxygen atoms in total. The van der Waals surface area contributed by atoms with Gasteiger partial charge in [0.1, 0.15) is 6.23 Å². The Kier molecular flexibility index (Phi) is 2.63. The van der Waals surface area contributed by atoms with Crippen LogP contribution in [0.3, 0.4) is 0 Å². The maximum absolute atomic E-state index is 11.0. The molecule has 1 aliphatic rings. The van der Waals surface area contributed by atoms with Crippen LogP contribution in [0.15, 0.2) is 12.4 Å². The molecule has 2 rings (SSSR count). The Labute approximate surface area is 82.9 Å². The lowest BCUT2D eigenvalue weighted by Gasteiger charge is -2.22. The summed E-state index contributed by atoms with van der Waals surface area (Å²) in [4.78, 5) is 11.0. The van der Waals surface area contributed by atoms with Crippen molar-refractivity contribution in [2.75, 3.05) is 6.61 Å². The molecule has 0 aromatic carbocycles. The van der Waals surface area contributed by atoms with Crippen LogP contribution < -0.4 is 0 Å². The number of nitrogens with zero attached hydrogens (tertiary/aromatic N) is 2. The van der Waals surface area contributed by atoms with Gasteiger partial charge in [0.05, 0.1) is 11.8 Å². The Hall–Kier alpha value is -1.16. The summed E-state index contributed by atoms with van der Waals surface area (Å²) in [6.07, 6.45) is 6.66. The van der Waals surface area contributed by atoms with Gasteiger partial charge in [0.2, 0.25) is 0 Å². The van der Waals surface area contributed by atoms with E-state index in [-0.39, 0.29) is 12.0 Å². The van der Waals surface area contributed by atoms with Gasteiger partial charge in [-0.1, -0.05) is 0 Å². The number of ether oxygens (including phenoxy) is 1. The summed E-state index contributed by atoms with van der Waals surface area (Å²) in [5, 5.41) is 4.13. The van der Waals surface area contributed by atoms with Crippen molar-refractivity contribution in [3.8, 4) is 0 Å². The molecule has 14 heavy (non-hydrogen) atoms. The predicted molar refractivity (Wildman–Crippen MR) is 51.1 cm³/mol. The first kappa shape index (κ1) is 9.40. The predicted octanol–water partition coefficient (Wildman–Crippen LogP) is 1.78. The highest BCUT2D eigenvalue weighted by Crippen LogP contribution is 2.21. The Morgan fingerprint density at radius 3 is 3.07 bits per heavy atom. The average Bonchev–Trinajstić information content (AvgIpc) is 2.68. The Morgan fingerprint density at radius 2 is 2.50 bits per heavy atom. The van der Waals surface area contributed by atoms with Gasteiger partial charge < -0.3 is 4.74 Å². The topological polar surface area (TPSA) is 44.1 Å². The molecule has 0 amide bonds. The summed E-state index contributed by atoms with van der Waals surface area (Å²) < 4.78 is 7.29. The molecule has 0 spiro atoms. The third-order valence-electron chi connectivity index (χ3n) is 2.46. The fourth-order valence-electron chi connectivity index (χ4n) is 1.61. The Bertz CT molecular complexity index is 327. The second-order valence-electron chi connectivity index (χ2n) is 3.59. The van der Waals surface area contributed by atoms with Crippen LogP contribution in [0, 0.1) is 0 Å². The molecular formula is C10H14N2O2. The standard InChI is InChI=1S/C10H14N2O2/c1-8(13)9-6-11-12(7-9)10-4-2-3-5-14-10/h6-7,10H,2-5H2,1H3. The largest absolute Gasteiger partial charge is 0.357 e. The number of hydrogen-bond acceptors (Lipinski definition) is 3. The van der Waals surface area contributed by atoms with E-state index in [1.54, 1.807) is 24.0 Å². The normalized spacial score (nSPS) is 22.2. The Balaban J connectivity index is 2.11. The summed E-state index contributed by atoms with van der Waals surface area (Å²) in [5.41, 5.74) is 0.652. The van der Waals surface area contributed by atoms with E-state index >= 15 is 0 Å². The molecular weight excluding hydrogens is 180 g/mol. The van der Waals surface area contributed by atoms with Gasteiger partial charge in [-0.2, -0.15) is 5.10 Å². The summed E-state index contributed by atoms with van der Waals surface area (Å²) in [6, 6.07) is 0. The second-order valence-corrected chi connectivity index (χ2v) is 3.59. The van der Waals surface area contributed by atoms with E-state index < -0.39 is 0 Å². The van der Waals surface area contributed by atoms with Crippen LogP contribution in [0.5, 0.6) is 0 Å². The van der Waals surface area contributed by atoms with Crippen LogP contribution >= 0.6 is 0 Å². The number of ketones is 1. The smallest absolute Gasteiger partial charge is 0.162 e. The average molecular weight is 194 g/mol. The lowest BCUT2D eigenvalue weighted by Crippen LogP contribution is -2.18. The zero-order valence-electron chi connectivity index (χ0n) is 8.27. The zero-order valence-corrected chi connectivity index (χ0v) is 8.27. The molecule has 0 aliphatic carbocycles. The van der Waals surface area contributed by atoms with Crippen molar-refractivity contribution >= 4 is 5.78 Å². The zero-order chi connectivity index (χ0) is 9.97. The molecule has 76 valence electrons. The van der Waals surface area contributed by atoms with Gasteiger partial charge in [0.25, 0.3) is 0 Å².